The van der Waals surface area contributed by atoms with Crippen LogP contribution in [0.3, 0.4) is 0 Å². The third-order valence-electron chi connectivity index (χ3n) is 1.72. The van der Waals surface area contributed by atoms with Crippen molar-refractivity contribution >= 4 is 18.3 Å². The van der Waals surface area contributed by atoms with Crippen LogP contribution in [0, 0.1) is 27.8 Å². The van der Waals surface area contributed by atoms with Crippen molar-refractivity contribution in [3.05, 3.63) is 33.6 Å². The highest BCUT2D eigenvalue weighted by Crippen LogP contribution is 2.28. The summed E-state index contributed by atoms with van der Waals surface area (Å²) in [6, 6.07) is 1.60. The number of rotatable bonds is 2. The molecule has 4 nitrogen and oxygen atoms in total. The molecule has 1 rings (SSSR count). The van der Waals surface area contributed by atoms with Crippen LogP contribution in [-0.2, 0) is 0 Å². The molecule has 6 heteroatoms. The van der Waals surface area contributed by atoms with Crippen molar-refractivity contribution in [1.82, 2.24) is 0 Å². The van der Waals surface area contributed by atoms with E-state index in [0.717, 1.165) is 6.07 Å². The Morgan fingerprint density at radius 2 is 2.25 bits per heavy atom. The zero-order chi connectivity index (χ0) is 12.1. The minimum Gasteiger partial charge on any atom is -0.502 e. The van der Waals surface area contributed by atoms with Gasteiger partial charge in [0.1, 0.15) is 5.82 Å². The monoisotopic (exact) mass is 241 g/mol. The van der Waals surface area contributed by atoms with Crippen molar-refractivity contribution in [3.63, 3.8) is 0 Å². The van der Waals surface area contributed by atoms with Gasteiger partial charge in [-0.25, -0.2) is 4.39 Å². The third kappa shape index (κ3) is 2.87. The van der Waals surface area contributed by atoms with E-state index in [2.05, 4.69) is 24.5 Å². The molecule has 0 saturated heterocycles. The number of aromatic hydroxyl groups is 1. The van der Waals surface area contributed by atoms with Crippen LogP contribution < -0.4 is 0 Å². The van der Waals surface area contributed by atoms with Crippen LogP contribution in [0.5, 0.6) is 5.75 Å². The number of hydrogen-bond acceptors (Lipinski definition) is 4. The minimum absolute atomic E-state index is 0.105. The van der Waals surface area contributed by atoms with Gasteiger partial charge < -0.3 is 5.11 Å². The van der Waals surface area contributed by atoms with E-state index in [9.17, 15) is 14.5 Å². The smallest absolute Gasteiger partial charge is 0.312 e. The van der Waals surface area contributed by atoms with Gasteiger partial charge >= 0.3 is 5.69 Å². The predicted octanol–water partition coefficient (Wildman–Crippen LogP) is 2.11. The van der Waals surface area contributed by atoms with Crippen molar-refractivity contribution in [1.29, 1.82) is 0 Å². The second-order valence-electron chi connectivity index (χ2n) is 2.85. The van der Waals surface area contributed by atoms with Gasteiger partial charge in [0.25, 0.3) is 0 Å². The van der Waals surface area contributed by atoms with Crippen LogP contribution >= 0.6 is 12.6 Å². The Bertz CT molecular complexity index is 479. The lowest BCUT2D eigenvalue weighted by molar-refractivity contribution is -0.385. The summed E-state index contributed by atoms with van der Waals surface area (Å²) in [6.45, 7) is 0. The first-order chi connectivity index (χ1) is 7.56. The molecule has 0 radical (unpaired) electrons. The Morgan fingerprint density at radius 1 is 1.56 bits per heavy atom. The second-order valence-corrected chi connectivity index (χ2v) is 3.30. The summed E-state index contributed by atoms with van der Waals surface area (Å²) in [4.78, 5) is 9.68. The molecule has 84 valence electrons. The van der Waals surface area contributed by atoms with Crippen molar-refractivity contribution in [2.24, 2.45) is 0 Å². The average molecular weight is 241 g/mol. The molecule has 1 N–H and O–H groups in total. The highest BCUT2D eigenvalue weighted by Gasteiger charge is 2.16. The van der Waals surface area contributed by atoms with Gasteiger partial charge in [0, 0.05) is 24.3 Å². The van der Waals surface area contributed by atoms with Gasteiger partial charge in [0.2, 0.25) is 0 Å². The molecule has 0 aliphatic rings. The zero-order valence-electron chi connectivity index (χ0n) is 8.11. The molecule has 0 aromatic heterocycles. The van der Waals surface area contributed by atoms with Crippen molar-refractivity contribution in [2.75, 3.05) is 5.75 Å². The van der Waals surface area contributed by atoms with Gasteiger partial charge in [-0.1, -0.05) is 11.8 Å². The van der Waals surface area contributed by atoms with Gasteiger partial charge in [-0.2, -0.15) is 12.6 Å². The molecular formula is C10H8FNO3S. The van der Waals surface area contributed by atoms with E-state index in [1.807, 2.05) is 0 Å². The van der Waals surface area contributed by atoms with E-state index in [-0.39, 0.29) is 5.56 Å². The van der Waals surface area contributed by atoms with Crippen molar-refractivity contribution < 1.29 is 14.4 Å². The maximum absolute atomic E-state index is 13.2. The first kappa shape index (κ1) is 12.3. The lowest BCUT2D eigenvalue weighted by Gasteiger charge is -1.98. The molecule has 0 fully saturated rings. The van der Waals surface area contributed by atoms with E-state index in [4.69, 9.17) is 5.11 Å². The molecular weight excluding hydrogens is 233 g/mol. The molecule has 0 aliphatic heterocycles. The predicted molar refractivity (Wildman–Crippen MR) is 60.1 cm³/mol. The second kappa shape index (κ2) is 5.37. The van der Waals surface area contributed by atoms with Gasteiger partial charge in [0.05, 0.1) is 10.5 Å². The summed E-state index contributed by atoms with van der Waals surface area (Å²) in [5.74, 6) is 4.09. The van der Waals surface area contributed by atoms with Gasteiger partial charge in [-0.3, -0.25) is 10.1 Å². The highest BCUT2D eigenvalue weighted by molar-refractivity contribution is 7.80. The van der Waals surface area contributed by atoms with Crippen LogP contribution in [-0.4, -0.2) is 15.8 Å². The van der Waals surface area contributed by atoms with Gasteiger partial charge in [-0.15, -0.1) is 0 Å². The normalized spacial score (nSPS) is 9.38. The van der Waals surface area contributed by atoms with Crippen LogP contribution in [0.1, 0.15) is 12.0 Å². The number of phenols is 1. The van der Waals surface area contributed by atoms with Gasteiger partial charge in [-0.05, 0) is 0 Å². The molecule has 0 heterocycles. The van der Waals surface area contributed by atoms with Crippen LogP contribution in [0.4, 0.5) is 10.1 Å². The fraction of sp³-hybridized carbons (Fsp3) is 0.200. The Balaban J connectivity index is 3.16. The van der Waals surface area contributed by atoms with Crippen LogP contribution in [0.15, 0.2) is 12.1 Å². The Labute approximate surface area is 96.7 Å². The number of halogens is 1. The van der Waals surface area contributed by atoms with E-state index in [0.29, 0.717) is 18.2 Å². The number of nitro benzene ring substituents is 1. The zero-order valence-corrected chi connectivity index (χ0v) is 9.00. The number of nitro groups is 1. The van der Waals surface area contributed by atoms with E-state index in [1.165, 1.54) is 0 Å². The van der Waals surface area contributed by atoms with E-state index < -0.39 is 22.2 Å². The third-order valence-corrected chi connectivity index (χ3v) is 1.94. The van der Waals surface area contributed by atoms with Crippen molar-refractivity contribution in [2.45, 2.75) is 6.42 Å². The number of nitrogens with zero attached hydrogens (tertiary/aromatic N) is 1. The molecule has 0 aliphatic carbocycles. The molecule has 16 heavy (non-hydrogen) atoms. The fourth-order valence-electron chi connectivity index (χ4n) is 1.01. The highest BCUT2D eigenvalue weighted by atomic mass is 32.1. The maximum atomic E-state index is 13.2. The molecule has 1 aromatic carbocycles. The molecule has 0 bridgehead atoms. The summed E-state index contributed by atoms with van der Waals surface area (Å²) in [5, 5.41) is 19.6. The molecule has 0 amide bonds. The molecule has 0 atom stereocenters. The Kier molecular flexibility index (Phi) is 4.14. The summed E-state index contributed by atoms with van der Waals surface area (Å²) in [5.41, 5.74) is -0.664. The lowest BCUT2D eigenvalue weighted by Crippen LogP contribution is -1.92. The SMILES string of the molecule is O=[N+]([O-])c1cc(C#CCCS)c(F)cc1O. The van der Waals surface area contributed by atoms with Crippen LogP contribution in [0.2, 0.25) is 0 Å². The number of phenolic OH excluding ortho intramolecular Hbond substituents is 1. The van der Waals surface area contributed by atoms with E-state index in [1.54, 1.807) is 0 Å². The Morgan fingerprint density at radius 3 is 2.81 bits per heavy atom. The lowest BCUT2D eigenvalue weighted by atomic mass is 10.1. The minimum atomic E-state index is -0.793. The maximum Gasteiger partial charge on any atom is 0.312 e. The quantitative estimate of drug-likeness (QED) is 0.361. The fourth-order valence-corrected chi connectivity index (χ4v) is 1.12. The summed E-state index contributed by atoms with van der Waals surface area (Å²) in [7, 11) is 0. The average Bonchev–Trinajstić information content (AvgIpc) is 2.21. The topological polar surface area (TPSA) is 63.4 Å². The number of thiol groups is 1. The summed E-state index contributed by atoms with van der Waals surface area (Å²) >= 11 is 3.92. The Hall–Kier alpha value is -1.74. The summed E-state index contributed by atoms with van der Waals surface area (Å²) < 4.78 is 13.2. The van der Waals surface area contributed by atoms with Gasteiger partial charge in [0.15, 0.2) is 5.75 Å². The van der Waals surface area contributed by atoms with Crippen molar-refractivity contribution in [3.8, 4) is 17.6 Å². The van der Waals surface area contributed by atoms with E-state index >= 15 is 0 Å². The number of hydrogen-bond donors (Lipinski definition) is 2. The molecule has 1 aromatic rings. The first-order valence-corrected chi connectivity index (χ1v) is 4.96. The first-order valence-electron chi connectivity index (χ1n) is 4.33. The largest absolute Gasteiger partial charge is 0.502 e. The van der Waals surface area contributed by atoms with Crippen LogP contribution in [0.25, 0.3) is 0 Å². The molecule has 0 saturated carbocycles. The molecule has 0 spiro atoms. The summed E-state index contributed by atoms with van der Waals surface area (Å²) in [6.07, 6.45) is 0.456. The standard InChI is InChI=1S/C10H8FNO3S/c11-8-6-10(13)9(12(14)15)5-7(8)3-1-2-4-16/h5-6,13,16H,2,4H2. The number of benzene rings is 1. The molecule has 0 unspecified atom stereocenters.